The van der Waals surface area contributed by atoms with Crippen LogP contribution < -0.4 is 0 Å². The third-order valence-corrected chi connectivity index (χ3v) is 4.89. The molecule has 5 rings (SSSR count). The quantitative estimate of drug-likeness (QED) is 0.422. The van der Waals surface area contributed by atoms with E-state index in [0.29, 0.717) is 17.8 Å². The normalized spacial score (nSPS) is 11.2. The van der Waals surface area contributed by atoms with Crippen LogP contribution in [0.1, 0.15) is 27.2 Å². The van der Waals surface area contributed by atoms with Gasteiger partial charge in [-0.2, -0.15) is 5.10 Å². The third kappa shape index (κ3) is 3.53. The van der Waals surface area contributed by atoms with Gasteiger partial charge < -0.3 is 9.14 Å². The molecule has 0 unspecified atom stereocenters. The van der Waals surface area contributed by atoms with Crippen molar-refractivity contribution in [2.45, 2.75) is 20.1 Å². The van der Waals surface area contributed by atoms with Gasteiger partial charge in [0.05, 0.1) is 24.0 Å². The molecule has 4 heterocycles. The molecule has 0 amide bonds. The van der Waals surface area contributed by atoms with E-state index in [2.05, 4.69) is 15.1 Å². The molecule has 0 aliphatic carbocycles. The number of carbonyl (C=O) groups excluding carboxylic acids is 1. The smallest absolute Gasteiger partial charge is 0.340 e. The highest BCUT2D eigenvalue weighted by Gasteiger charge is 2.13. The van der Waals surface area contributed by atoms with Crippen LogP contribution >= 0.6 is 0 Å². The summed E-state index contributed by atoms with van der Waals surface area (Å²) in [5.41, 5.74) is 4.90. The van der Waals surface area contributed by atoms with Gasteiger partial charge >= 0.3 is 5.97 Å². The monoisotopic (exact) mass is 397 g/mol. The summed E-state index contributed by atoms with van der Waals surface area (Å²) in [4.78, 5) is 21.4. The topological polar surface area (TPSA) is 74.3 Å². The Hall–Kier alpha value is -4.00. The molecule has 0 bridgehead atoms. The Morgan fingerprint density at radius 2 is 1.93 bits per heavy atom. The van der Waals surface area contributed by atoms with E-state index in [1.165, 1.54) is 6.20 Å². The van der Waals surface area contributed by atoms with Crippen LogP contribution in [0, 0.1) is 6.92 Å². The summed E-state index contributed by atoms with van der Waals surface area (Å²) in [6, 6.07) is 15.7. The van der Waals surface area contributed by atoms with Crippen LogP contribution in [0.4, 0.5) is 0 Å². The van der Waals surface area contributed by atoms with Crippen LogP contribution in [-0.4, -0.2) is 30.1 Å². The molecule has 0 N–H and O–H groups in total. The Labute approximate surface area is 172 Å². The van der Waals surface area contributed by atoms with Gasteiger partial charge in [0.1, 0.15) is 12.3 Å². The van der Waals surface area contributed by atoms with Gasteiger partial charge in [-0.25, -0.2) is 19.4 Å². The zero-order chi connectivity index (χ0) is 20.5. The first-order valence-corrected chi connectivity index (χ1v) is 9.62. The summed E-state index contributed by atoms with van der Waals surface area (Å²) in [5, 5.41) is 5.20. The maximum absolute atomic E-state index is 12.5. The van der Waals surface area contributed by atoms with E-state index in [0.717, 1.165) is 27.8 Å². The molecule has 0 fully saturated rings. The Balaban J connectivity index is 1.31. The maximum atomic E-state index is 12.5. The van der Waals surface area contributed by atoms with Crippen molar-refractivity contribution >= 4 is 22.6 Å². The van der Waals surface area contributed by atoms with Gasteiger partial charge in [0.25, 0.3) is 0 Å². The number of esters is 1. The Bertz CT molecular complexity index is 1350. The van der Waals surface area contributed by atoms with Gasteiger partial charge in [-0.05, 0) is 30.2 Å². The fourth-order valence-electron chi connectivity index (χ4n) is 3.40. The molecule has 7 heteroatoms. The number of pyridine rings is 2. The predicted octanol–water partition coefficient (Wildman–Crippen LogP) is 3.79. The first kappa shape index (κ1) is 18.1. The Morgan fingerprint density at radius 1 is 1.07 bits per heavy atom. The summed E-state index contributed by atoms with van der Waals surface area (Å²) in [7, 11) is 0. The first-order valence-electron chi connectivity index (χ1n) is 9.62. The van der Waals surface area contributed by atoms with Crippen molar-refractivity contribution < 1.29 is 9.53 Å². The molecule has 5 aromatic rings. The lowest BCUT2D eigenvalue weighted by Crippen LogP contribution is -2.07. The average Bonchev–Trinajstić information content (AvgIpc) is 3.35. The first-order chi connectivity index (χ1) is 14.7. The van der Waals surface area contributed by atoms with Crippen LogP contribution in [0.15, 0.2) is 73.3 Å². The second kappa shape index (κ2) is 7.44. The van der Waals surface area contributed by atoms with Gasteiger partial charge in [0.15, 0.2) is 5.65 Å². The van der Waals surface area contributed by atoms with Gasteiger partial charge in [-0.1, -0.05) is 36.4 Å². The van der Waals surface area contributed by atoms with E-state index in [9.17, 15) is 4.79 Å². The number of imidazole rings is 1. The predicted molar refractivity (Wildman–Crippen MR) is 112 cm³/mol. The number of ether oxygens (including phenoxy) is 1. The number of benzene rings is 1. The molecule has 1 aromatic carbocycles. The minimum absolute atomic E-state index is 0.102. The lowest BCUT2D eigenvalue weighted by molar-refractivity contribution is 0.0468. The molecule has 0 aliphatic heterocycles. The average molecular weight is 397 g/mol. The van der Waals surface area contributed by atoms with E-state index in [1.807, 2.05) is 70.9 Å². The molecule has 0 spiro atoms. The Kier molecular flexibility index (Phi) is 4.48. The minimum Gasteiger partial charge on any atom is -0.455 e. The number of aryl methyl sites for hydroxylation is 1. The number of nitrogens with zero attached hydrogens (tertiary/aromatic N) is 5. The number of rotatable bonds is 5. The standard InChI is InChI=1S/C23H19N5O2/c1-16-7-8-21-26-20(14-27(21)12-16)15-30-23(29)19-9-18-11-25-28(22(18)24-10-19)13-17-5-3-2-4-6-17/h2-12,14H,13,15H2,1H3. The molecule has 0 saturated heterocycles. The second-order valence-electron chi connectivity index (χ2n) is 7.20. The van der Waals surface area contributed by atoms with E-state index in [4.69, 9.17) is 4.74 Å². The number of fused-ring (bicyclic) bond motifs is 2. The van der Waals surface area contributed by atoms with Gasteiger partial charge in [-0.15, -0.1) is 0 Å². The zero-order valence-corrected chi connectivity index (χ0v) is 16.4. The highest BCUT2D eigenvalue weighted by atomic mass is 16.5. The van der Waals surface area contributed by atoms with E-state index >= 15 is 0 Å². The molecular weight excluding hydrogens is 378 g/mol. The molecular formula is C23H19N5O2. The molecule has 148 valence electrons. The third-order valence-electron chi connectivity index (χ3n) is 4.89. The van der Waals surface area contributed by atoms with Gasteiger partial charge in [-0.3, -0.25) is 0 Å². The zero-order valence-electron chi connectivity index (χ0n) is 16.4. The molecule has 0 aliphatic rings. The molecule has 0 radical (unpaired) electrons. The summed E-state index contributed by atoms with van der Waals surface area (Å²) in [5.74, 6) is -0.437. The van der Waals surface area contributed by atoms with Crippen molar-refractivity contribution in [1.29, 1.82) is 0 Å². The number of aromatic nitrogens is 5. The molecule has 4 aromatic heterocycles. The van der Waals surface area contributed by atoms with Crippen molar-refractivity contribution in [3.63, 3.8) is 0 Å². The van der Waals surface area contributed by atoms with Gasteiger partial charge in [0, 0.05) is 24.0 Å². The van der Waals surface area contributed by atoms with Crippen molar-refractivity contribution in [2.24, 2.45) is 0 Å². The van der Waals surface area contributed by atoms with Crippen LogP contribution in [0.25, 0.3) is 16.7 Å². The lowest BCUT2D eigenvalue weighted by Gasteiger charge is -2.05. The summed E-state index contributed by atoms with van der Waals surface area (Å²) < 4.78 is 9.19. The highest BCUT2D eigenvalue weighted by Crippen LogP contribution is 2.16. The van der Waals surface area contributed by atoms with E-state index in [-0.39, 0.29) is 6.61 Å². The minimum atomic E-state index is -0.437. The summed E-state index contributed by atoms with van der Waals surface area (Å²) in [6.07, 6.45) is 7.09. The number of hydrogen-bond acceptors (Lipinski definition) is 5. The fourth-order valence-corrected chi connectivity index (χ4v) is 3.40. The Morgan fingerprint density at radius 3 is 2.80 bits per heavy atom. The van der Waals surface area contributed by atoms with E-state index in [1.54, 1.807) is 12.3 Å². The van der Waals surface area contributed by atoms with Crippen molar-refractivity contribution in [3.05, 3.63) is 95.7 Å². The lowest BCUT2D eigenvalue weighted by atomic mass is 10.2. The number of carbonyl (C=O) groups is 1. The van der Waals surface area contributed by atoms with Crippen LogP contribution in [0.3, 0.4) is 0 Å². The van der Waals surface area contributed by atoms with Crippen molar-refractivity contribution in [2.75, 3.05) is 0 Å². The SMILES string of the molecule is Cc1ccc2nc(COC(=O)c3cnc4c(cnn4Cc4ccccc4)c3)cn2c1. The molecule has 0 atom stereocenters. The van der Waals surface area contributed by atoms with Crippen molar-refractivity contribution in [3.8, 4) is 0 Å². The van der Waals surface area contributed by atoms with E-state index < -0.39 is 5.97 Å². The fraction of sp³-hybridized carbons (Fsp3) is 0.130. The maximum Gasteiger partial charge on any atom is 0.340 e. The van der Waals surface area contributed by atoms with Crippen molar-refractivity contribution in [1.82, 2.24) is 24.1 Å². The number of hydrogen-bond donors (Lipinski definition) is 0. The highest BCUT2D eigenvalue weighted by molar-refractivity contribution is 5.92. The summed E-state index contributed by atoms with van der Waals surface area (Å²) in [6.45, 7) is 2.74. The molecule has 30 heavy (non-hydrogen) atoms. The molecule has 0 saturated carbocycles. The summed E-state index contributed by atoms with van der Waals surface area (Å²) >= 11 is 0. The van der Waals surface area contributed by atoms with Crippen LogP contribution in [0.5, 0.6) is 0 Å². The molecule has 7 nitrogen and oxygen atoms in total. The largest absolute Gasteiger partial charge is 0.455 e. The second-order valence-corrected chi connectivity index (χ2v) is 7.20. The van der Waals surface area contributed by atoms with Crippen LogP contribution in [0.2, 0.25) is 0 Å². The van der Waals surface area contributed by atoms with Crippen LogP contribution in [-0.2, 0) is 17.9 Å². The van der Waals surface area contributed by atoms with Gasteiger partial charge in [0.2, 0.25) is 0 Å².